The molecule has 4 heteroatoms. The molecule has 0 bridgehead atoms. The molecule has 0 atom stereocenters. The van der Waals surface area contributed by atoms with Gasteiger partial charge in [0.1, 0.15) is 11.5 Å². The maximum atomic E-state index is 6.08. The zero-order valence-electron chi connectivity index (χ0n) is 31.8. The zero-order valence-corrected chi connectivity index (χ0v) is 31.8. The van der Waals surface area contributed by atoms with Crippen molar-refractivity contribution in [1.82, 2.24) is 9.97 Å². The number of aromatic nitrogens is 2. The molecule has 0 aliphatic rings. The quantitative estimate of drug-likeness (QED) is 0.0688. The minimum Gasteiger partial charge on any atom is -0.493 e. The van der Waals surface area contributed by atoms with Gasteiger partial charge in [-0.25, -0.2) is 0 Å². The largest absolute Gasteiger partial charge is 0.493 e. The summed E-state index contributed by atoms with van der Waals surface area (Å²) in [5.74, 6) is 1.74. The molecule has 4 nitrogen and oxygen atoms in total. The van der Waals surface area contributed by atoms with E-state index in [1.807, 2.05) is 36.7 Å². The predicted octanol–water partition coefficient (Wildman–Crippen LogP) is 14.6. The van der Waals surface area contributed by atoms with Gasteiger partial charge in [0, 0.05) is 24.5 Å². The first-order valence-electron chi connectivity index (χ1n) is 21.0. The van der Waals surface area contributed by atoms with Gasteiger partial charge in [-0.15, -0.1) is 0 Å². The number of unbranched alkanes of at least 4 members (excludes halogenated alkanes) is 28. The molecule has 2 rings (SSSR count). The summed E-state index contributed by atoms with van der Waals surface area (Å²) in [6.07, 6.45) is 45.0. The topological polar surface area (TPSA) is 44.2 Å². The van der Waals surface area contributed by atoms with Crippen molar-refractivity contribution in [2.45, 2.75) is 206 Å². The minimum absolute atomic E-state index is 0.761. The van der Waals surface area contributed by atoms with Crippen LogP contribution in [0.1, 0.15) is 206 Å². The van der Waals surface area contributed by atoms with E-state index in [1.54, 1.807) is 0 Å². The van der Waals surface area contributed by atoms with Crippen LogP contribution >= 0.6 is 0 Å². The molecule has 0 radical (unpaired) electrons. The Kier molecular flexibility index (Phi) is 28.2. The van der Waals surface area contributed by atoms with E-state index in [0.29, 0.717) is 0 Å². The Morgan fingerprint density at radius 3 is 0.875 bits per heavy atom. The molecule has 2 aromatic heterocycles. The Hall–Kier alpha value is -2.10. The molecule has 2 aromatic rings. The van der Waals surface area contributed by atoms with Gasteiger partial charge in [-0.05, 0) is 25.0 Å². The van der Waals surface area contributed by atoms with Crippen molar-refractivity contribution in [3.63, 3.8) is 0 Å². The number of hydrogen-bond donors (Lipinski definition) is 0. The fraction of sp³-hybridized carbons (Fsp3) is 0.773. The van der Waals surface area contributed by atoms with E-state index in [2.05, 4.69) is 23.8 Å². The van der Waals surface area contributed by atoms with Crippen molar-refractivity contribution in [2.24, 2.45) is 0 Å². The van der Waals surface area contributed by atoms with E-state index in [9.17, 15) is 0 Å². The first-order chi connectivity index (χ1) is 23.8. The first kappa shape index (κ1) is 42.1. The SMILES string of the molecule is CCCCCCCCCCCCCCCCCOc1ccnc(-c2cc(OCCCCCCCCCCCCCCCCC)ccn2)c1. The summed E-state index contributed by atoms with van der Waals surface area (Å²) in [6, 6.07) is 7.91. The van der Waals surface area contributed by atoms with Crippen LogP contribution in [0.15, 0.2) is 36.7 Å². The molecule has 0 aliphatic heterocycles. The first-order valence-corrected chi connectivity index (χ1v) is 21.0. The average Bonchev–Trinajstić information content (AvgIpc) is 3.11. The maximum absolute atomic E-state index is 6.08. The number of ether oxygens (including phenoxy) is 2. The van der Waals surface area contributed by atoms with Crippen LogP contribution in [-0.2, 0) is 0 Å². The van der Waals surface area contributed by atoms with Crippen molar-refractivity contribution < 1.29 is 9.47 Å². The summed E-state index contributed by atoms with van der Waals surface area (Å²) >= 11 is 0. The highest BCUT2D eigenvalue weighted by Gasteiger charge is 2.06. The molecule has 0 N–H and O–H groups in total. The monoisotopic (exact) mass is 665 g/mol. The van der Waals surface area contributed by atoms with Gasteiger partial charge in [0.15, 0.2) is 0 Å². The lowest BCUT2D eigenvalue weighted by atomic mass is 10.0. The molecule has 0 unspecified atom stereocenters. The minimum atomic E-state index is 0.761. The van der Waals surface area contributed by atoms with Gasteiger partial charge in [0.25, 0.3) is 0 Å². The van der Waals surface area contributed by atoms with Crippen molar-refractivity contribution in [2.75, 3.05) is 13.2 Å². The summed E-state index contributed by atoms with van der Waals surface area (Å²) in [4.78, 5) is 9.11. The molecule has 48 heavy (non-hydrogen) atoms. The summed E-state index contributed by atoms with van der Waals surface area (Å²) in [6.45, 7) is 6.11. The van der Waals surface area contributed by atoms with Gasteiger partial charge >= 0.3 is 0 Å². The fourth-order valence-corrected chi connectivity index (χ4v) is 6.61. The van der Waals surface area contributed by atoms with Crippen LogP contribution in [0.5, 0.6) is 11.5 Å². The second kappa shape index (κ2) is 32.1. The summed E-state index contributed by atoms with van der Waals surface area (Å²) in [5.41, 5.74) is 1.67. The second-order valence-electron chi connectivity index (χ2n) is 14.3. The lowest BCUT2D eigenvalue weighted by molar-refractivity contribution is 0.303. The van der Waals surface area contributed by atoms with Gasteiger partial charge in [-0.3, -0.25) is 9.97 Å². The Morgan fingerprint density at radius 1 is 0.354 bits per heavy atom. The summed E-state index contributed by atoms with van der Waals surface area (Å²) < 4.78 is 12.2. The predicted molar refractivity (Wildman–Crippen MR) is 208 cm³/mol. The molecule has 2 heterocycles. The van der Waals surface area contributed by atoms with Crippen LogP contribution in [-0.4, -0.2) is 23.2 Å². The lowest BCUT2D eigenvalue weighted by Gasteiger charge is -2.09. The number of hydrogen-bond acceptors (Lipinski definition) is 4. The highest BCUT2D eigenvalue weighted by molar-refractivity contribution is 5.57. The molecular weight excluding hydrogens is 588 g/mol. The van der Waals surface area contributed by atoms with Crippen LogP contribution in [0.2, 0.25) is 0 Å². The Balaban J connectivity index is 1.45. The van der Waals surface area contributed by atoms with E-state index in [-0.39, 0.29) is 0 Å². The third kappa shape index (κ3) is 24.1. The third-order valence-electron chi connectivity index (χ3n) is 9.76. The molecule has 0 aromatic carbocycles. The average molecular weight is 665 g/mol. The molecule has 0 spiro atoms. The second-order valence-corrected chi connectivity index (χ2v) is 14.3. The molecular formula is C44H76N2O2. The van der Waals surface area contributed by atoms with Crippen LogP contribution in [0.4, 0.5) is 0 Å². The van der Waals surface area contributed by atoms with Gasteiger partial charge in [-0.2, -0.15) is 0 Å². The maximum Gasteiger partial charge on any atom is 0.123 e. The van der Waals surface area contributed by atoms with Crippen molar-refractivity contribution in [3.8, 4) is 22.9 Å². The van der Waals surface area contributed by atoms with E-state index in [0.717, 1.165) is 48.9 Å². The fourth-order valence-electron chi connectivity index (χ4n) is 6.61. The van der Waals surface area contributed by atoms with Crippen LogP contribution in [0.25, 0.3) is 11.4 Å². The number of rotatable bonds is 35. The molecule has 0 fully saturated rings. The summed E-state index contributed by atoms with van der Waals surface area (Å²) in [5, 5.41) is 0. The zero-order chi connectivity index (χ0) is 34.0. The van der Waals surface area contributed by atoms with Crippen LogP contribution < -0.4 is 9.47 Å². The number of nitrogens with zero attached hydrogens (tertiary/aromatic N) is 2. The summed E-state index contributed by atoms with van der Waals surface area (Å²) in [7, 11) is 0. The molecule has 0 amide bonds. The molecule has 0 aliphatic carbocycles. The molecule has 274 valence electrons. The standard InChI is InChI=1S/C44H76N2O2/c1-3-5-7-9-11-13-15-17-19-21-23-25-27-29-31-37-47-41-33-35-45-43(39-41)44-40-42(34-36-46-44)48-38-32-30-28-26-24-22-20-18-16-14-12-10-8-6-4-2/h33-36,39-40H,3-32,37-38H2,1-2H3. The van der Waals surface area contributed by atoms with Crippen LogP contribution in [0, 0.1) is 0 Å². The van der Waals surface area contributed by atoms with Crippen molar-refractivity contribution in [3.05, 3.63) is 36.7 Å². The van der Waals surface area contributed by atoms with E-state index < -0.39 is 0 Å². The third-order valence-corrected chi connectivity index (χ3v) is 9.76. The van der Waals surface area contributed by atoms with Crippen LogP contribution in [0.3, 0.4) is 0 Å². The smallest absolute Gasteiger partial charge is 0.123 e. The normalized spacial score (nSPS) is 11.3. The lowest BCUT2D eigenvalue weighted by Crippen LogP contribution is -1.99. The number of pyridine rings is 2. The van der Waals surface area contributed by atoms with E-state index in [4.69, 9.17) is 9.47 Å². The Morgan fingerprint density at radius 2 is 0.604 bits per heavy atom. The van der Waals surface area contributed by atoms with Gasteiger partial charge < -0.3 is 9.47 Å². The van der Waals surface area contributed by atoms with E-state index >= 15 is 0 Å². The van der Waals surface area contributed by atoms with E-state index in [1.165, 1.54) is 180 Å². The highest BCUT2D eigenvalue weighted by Crippen LogP contribution is 2.24. The Bertz CT molecular complexity index is 887. The van der Waals surface area contributed by atoms with Gasteiger partial charge in [-0.1, -0.05) is 194 Å². The van der Waals surface area contributed by atoms with Gasteiger partial charge in [0.2, 0.25) is 0 Å². The molecule has 0 saturated carbocycles. The van der Waals surface area contributed by atoms with Gasteiger partial charge in [0.05, 0.1) is 24.6 Å². The van der Waals surface area contributed by atoms with Crippen molar-refractivity contribution in [1.29, 1.82) is 0 Å². The Labute approximate surface area is 298 Å². The molecule has 0 saturated heterocycles. The van der Waals surface area contributed by atoms with Crippen molar-refractivity contribution >= 4 is 0 Å². The highest BCUT2D eigenvalue weighted by atomic mass is 16.5.